The number of amides is 3. The molecule has 69 heavy (non-hydrogen) atoms. The van der Waals surface area contributed by atoms with Crippen LogP contribution in [0.15, 0.2) is 69.6 Å². The molecule has 0 aromatic heterocycles. The third kappa shape index (κ3) is 19.1. The van der Waals surface area contributed by atoms with Gasteiger partial charge in [-0.05, 0) is 157 Å². The second-order valence-corrected chi connectivity index (χ2v) is 21.2. The van der Waals surface area contributed by atoms with Crippen LogP contribution in [0.1, 0.15) is 143 Å². The van der Waals surface area contributed by atoms with Crippen molar-refractivity contribution in [3.63, 3.8) is 0 Å². The van der Waals surface area contributed by atoms with Gasteiger partial charge in [0.25, 0.3) is 23.0 Å². The topological polar surface area (TPSA) is 145 Å². The Morgan fingerprint density at radius 3 is 1.39 bits per heavy atom. The van der Waals surface area contributed by atoms with Crippen molar-refractivity contribution < 1.29 is 38.1 Å². The van der Waals surface area contributed by atoms with E-state index in [1.165, 1.54) is 5.01 Å². The van der Waals surface area contributed by atoms with Crippen LogP contribution >= 0.6 is 43.5 Å². The Labute approximate surface area is 433 Å². The summed E-state index contributed by atoms with van der Waals surface area (Å²) in [5.74, 6) is 0.497. The standard InChI is InChI=1S/C27H37BrN2O4.C18H29BrN2O3.C9H9ClO/c1-9-23(27(5,6)7)30(26(32)20-15-17(2)14-18(3)16-20)29-25(31)21-10-11-22(28)24(19(21)4)34-13-12-33-8;1-7-15(18(3,4)5)20-21-17(22)13-8-9-14(19)16(12(13)2)24-11-10-23-6;1-6-3-7(2)5-8(4-6)9(10)11/h10-11,14-16,23H,9,12-13H2,1-8H3,(H,29,31);8-9,15,20H,7,10-11H2,1-6H3,(H,21,22);3-5H,1-2H3/t23-;15-;/m11./s1. The van der Waals surface area contributed by atoms with Gasteiger partial charge in [0, 0.05) is 53.6 Å². The minimum Gasteiger partial charge on any atom is -0.490 e. The number of nitrogens with one attached hydrogen (secondary N) is 3. The average Bonchev–Trinajstić information content (AvgIpc) is 3.24. The number of hydrazine groups is 2. The smallest absolute Gasteiger partial charge is 0.272 e. The summed E-state index contributed by atoms with van der Waals surface area (Å²) >= 11 is 12.3. The number of benzene rings is 4. The van der Waals surface area contributed by atoms with Gasteiger partial charge in [-0.25, -0.2) is 10.4 Å². The minimum absolute atomic E-state index is 0.0607. The highest BCUT2D eigenvalue weighted by Crippen LogP contribution is 2.33. The van der Waals surface area contributed by atoms with Crippen LogP contribution in [0.4, 0.5) is 0 Å². The van der Waals surface area contributed by atoms with E-state index in [4.69, 9.17) is 30.5 Å². The molecule has 0 saturated heterocycles. The molecule has 0 spiro atoms. The number of methoxy groups -OCH3 is 2. The number of carbonyl (C=O) groups is 4. The summed E-state index contributed by atoms with van der Waals surface area (Å²) < 4.78 is 23.2. The number of halogens is 3. The fraction of sp³-hybridized carbons (Fsp3) is 0.481. The number of ether oxygens (including phenoxy) is 4. The highest BCUT2D eigenvalue weighted by Gasteiger charge is 2.35. The summed E-state index contributed by atoms with van der Waals surface area (Å²) in [6.45, 7) is 30.0. The maximum absolute atomic E-state index is 13.7. The second kappa shape index (κ2) is 28.5. The normalized spacial score (nSPS) is 12.0. The van der Waals surface area contributed by atoms with Crippen molar-refractivity contribution in [1.82, 2.24) is 21.3 Å². The summed E-state index contributed by atoms with van der Waals surface area (Å²) in [5.41, 5.74) is 16.5. The Bertz CT molecular complexity index is 2320. The van der Waals surface area contributed by atoms with Gasteiger partial charge in [0.15, 0.2) is 0 Å². The van der Waals surface area contributed by atoms with E-state index in [1.807, 2.05) is 78.8 Å². The summed E-state index contributed by atoms with van der Waals surface area (Å²) in [6, 6.07) is 18.4. The second-order valence-electron chi connectivity index (χ2n) is 19.1. The van der Waals surface area contributed by atoms with Crippen LogP contribution in [-0.4, -0.2) is 80.7 Å². The zero-order valence-corrected chi connectivity index (χ0v) is 47.4. The number of carbonyl (C=O) groups excluding carboxylic acids is 4. The van der Waals surface area contributed by atoms with Gasteiger partial charge >= 0.3 is 0 Å². The molecule has 4 rings (SSSR count). The lowest BCUT2D eigenvalue weighted by Gasteiger charge is -2.39. The van der Waals surface area contributed by atoms with Gasteiger partial charge in [-0.2, -0.15) is 0 Å². The Morgan fingerprint density at radius 2 is 1.03 bits per heavy atom. The quantitative estimate of drug-likeness (QED) is 0.0535. The van der Waals surface area contributed by atoms with Gasteiger partial charge in [-0.3, -0.25) is 30.0 Å². The molecule has 0 bridgehead atoms. The van der Waals surface area contributed by atoms with Crippen molar-refractivity contribution in [2.24, 2.45) is 10.8 Å². The van der Waals surface area contributed by atoms with E-state index in [1.54, 1.807) is 44.6 Å². The molecule has 0 heterocycles. The fourth-order valence-corrected chi connectivity index (χ4v) is 8.91. The van der Waals surface area contributed by atoms with E-state index >= 15 is 0 Å². The molecule has 4 aromatic rings. The van der Waals surface area contributed by atoms with Crippen molar-refractivity contribution >= 4 is 66.4 Å². The molecule has 0 saturated carbocycles. The predicted octanol–water partition coefficient (Wildman–Crippen LogP) is 12.5. The molecule has 0 radical (unpaired) electrons. The molecular formula is C54H75Br2ClN4O8. The molecule has 12 nitrogen and oxygen atoms in total. The summed E-state index contributed by atoms with van der Waals surface area (Å²) in [6.07, 6.45) is 1.61. The number of rotatable bonds is 17. The van der Waals surface area contributed by atoms with Crippen LogP contribution in [0, 0.1) is 52.4 Å². The molecule has 3 amide bonds. The van der Waals surface area contributed by atoms with Crippen LogP contribution < -0.4 is 25.8 Å². The van der Waals surface area contributed by atoms with Crippen LogP contribution in [0.5, 0.6) is 11.5 Å². The molecular weight excluding hydrogens is 1030 g/mol. The lowest BCUT2D eigenvalue weighted by Crippen LogP contribution is -2.56. The lowest BCUT2D eigenvalue weighted by atomic mass is 9.84. The highest BCUT2D eigenvalue weighted by molar-refractivity contribution is 9.11. The van der Waals surface area contributed by atoms with E-state index in [0.29, 0.717) is 72.2 Å². The minimum atomic E-state index is -0.392. The molecule has 4 aromatic carbocycles. The molecule has 0 fully saturated rings. The molecule has 0 aliphatic carbocycles. The SMILES string of the molecule is CC[C@@H](N(NC(=O)c1ccc(Br)c(OCCOC)c1C)C(=O)c1cc(C)cc(C)c1)C(C)(C)C.CC[C@@H](NNC(=O)c1ccc(Br)c(OCCOC)c1C)C(C)(C)C.Cc1cc(C)cc(C(=O)Cl)c1. The first-order valence-electron chi connectivity index (χ1n) is 23.1. The summed E-state index contributed by atoms with van der Waals surface area (Å²) in [7, 11) is 3.23. The van der Waals surface area contributed by atoms with Gasteiger partial charge in [-0.15, -0.1) is 0 Å². The molecule has 0 unspecified atom stereocenters. The Balaban J connectivity index is 0.000000402. The third-order valence-corrected chi connectivity index (χ3v) is 12.6. The predicted molar refractivity (Wildman–Crippen MR) is 286 cm³/mol. The number of nitrogens with zero attached hydrogens (tertiary/aromatic N) is 1. The van der Waals surface area contributed by atoms with Gasteiger partial charge in [-0.1, -0.05) is 89.8 Å². The summed E-state index contributed by atoms with van der Waals surface area (Å²) in [4.78, 5) is 50.4. The number of hydrogen-bond donors (Lipinski definition) is 3. The van der Waals surface area contributed by atoms with Gasteiger partial charge in [0.05, 0.1) is 28.2 Å². The van der Waals surface area contributed by atoms with Crippen LogP contribution in [0.2, 0.25) is 0 Å². The molecule has 15 heteroatoms. The van der Waals surface area contributed by atoms with E-state index in [9.17, 15) is 19.2 Å². The first-order chi connectivity index (χ1) is 32.2. The van der Waals surface area contributed by atoms with Crippen LogP contribution in [0.25, 0.3) is 0 Å². The van der Waals surface area contributed by atoms with Gasteiger partial charge in [0.2, 0.25) is 0 Å². The van der Waals surface area contributed by atoms with E-state index in [0.717, 1.165) is 43.2 Å². The molecule has 3 N–H and O–H groups in total. The van der Waals surface area contributed by atoms with Gasteiger partial charge < -0.3 is 18.9 Å². The van der Waals surface area contributed by atoms with Crippen LogP contribution in [-0.2, 0) is 9.47 Å². The maximum Gasteiger partial charge on any atom is 0.272 e. The third-order valence-electron chi connectivity index (χ3n) is 11.1. The first kappa shape index (κ1) is 60.8. The summed E-state index contributed by atoms with van der Waals surface area (Å²) in [5, 5.41) is 1.11. The van der Waals surface area contributed by atoms with Crippen molar-refractivity contribution in [1.29, 1.82) is 0 Å². The van der Waals surface area contributed by atoms with E-state index in [-0.39, 0.29) is 40.6 Å². The Hall–Kier alpha value is -4.31. The monoisotopic (exact) mass is 1100 g/mol. The molecule has 0 aliphatic heterocycles. The van der Waals surface area contributed by atoms with Gasteiger partial charge in [0.1, 0.15) is 24.7 Å². The average molecular weight is 1100 g/mol. The van der Waals surface area contributed by atoms with Crippen molar-refractivity contribution in [2.75, 3.05) is 40.6 Å². The number of aryl methyl sites for hydroxylation is 4. The molecule has 380 valence electrons. The van der Waals surface area contributed by atoms with Crippen molar-refractivity contribution in [3.05, 3.63) is 125 Å². The largest absolute Gasteiger partial charge is 0.490 e. The van der Waals surface area contributed by atoms with Crippen LogP contribution in [0.3, 0.4) is 0 Å². The zero-order chi connectivity index (χ0) is 52.4. The Kier molecular flexibility index (Phi) is 25.1. The molecule has 0 aliphatic rings. The fourth-order valence-electron chi connectivity index (χ4n) is 7.72. The van der Waals surface area contributed by atoms with E-state index < -0.39 is 5.24 Å². The van der Waals surface area contributed by atoms with E-state index in [2.05, 4.69) is 96.6 Å². The van der Waals surface area contributed by atoms with Crippen molar-refractivity contribution in [3.8, 4) is 11.5 Å². The molecule has 2 atom stereocenters. The lowest BCUT2D eigenvalue weighted by molar-refractivity contribution is 0.0284. The Morgan fingerprint density at radius 1 is 0.609 bits per heavy atom. The van der Waals surface area contributed by atoms with Crippen molar-refractivity contribution in [2.45, 2.75) is 122 Å². The maximum atomic E-state index is 13.7. The zero-order valence-electron chi connectivity index (χ0n) is 43.5. The highest BCUT2D eigenvalue weighted by atomic mass is 79.9. The first-order valence-corrected chi connectivity index (χ1v) is 25.1. The number of hydrogen-bond acceptors (Lipinski definition) is 9.